The normalized spacial score (nSPS) is 17.7. The van der Waals surface area contributed by atoms with E-state index >= 15 is 0 Å². The molecule has 9 nitrogen and oxygen atoms in total. The van der Waals surface area contributed by atoms with Crippen molar-refractivity contribution < 1.29 is 9.47 Å². The molecule has 1 saturated heterocycles. The number of aromatic nitrogens is 4. The van der Waals surface area contributed by atoms with Crippen LogP contribution in [0.3, 0.4) is 0 Å². The topological polar surface area (TPSA) is 106 Å². The average molecular weight is 467 g/mol. The lowest BCUT2D eigenvalue weighted by molar-refractivity contribution is -0.0773. The van der Waals surface area contributed by atoms with Crippen molar-refractivity contribution >= 4 is 40.3 Å². The van der Waals surface area contributed by atoms with Crippen molar-refractivity contribution in [2.45, 2.75) is 32.2 Å². The largest absolute Gasteiger partial charge is 0.374 e. The first-order chi connectivity index (χ1) is 15.0. The van der Waals surface area contributed by atoms with Crippen LogP contribution in [0.25, 0.3) is 11.2 Å². The molecule has 0 bridgehead atoms. The summed E-state index contributed by atoms with van der Waals surface area (Å²) in [6, 6.07) is 5.33. The lowest BCUT2D eigenvalue weighted by Crippen LogP contribution is -2.45. The first-order valence-electron chi connectivity index (χ1n) is 10.1. The second kappa shape index (κ2) is 9.97. The fourth-order valence-electron chi connectivity index (χ4n) is 3.41. The van der Waals surface area contributed by atoms with Gasteiger partial charge in [0.15, 0.2) is 11.2 Å². The van der Waals surface area contributed by atoms with Crippen LogP contribution in [0.1, 0.15) is 12.5 Å². The summed E-state index contributed by atoms with van der Waals surface area (Å²) >= 11 is 12.0. The quantitative estimate of drug-likeness (QED) is 0.467. The maximum atomic E-state index is 12.6. The van der Waals surface area contributed by atoms with Gasteiger partial charge in [0.05, 0.1) is 41.8 Å². The number of benzene rings is 1. The number of rotatable bonds is 8. The summed E-state index contributed by atoms with van der Waals surface area (Å²) in [4.78, 5) is 24.1. The van der Waals surface area contributed by atoms with Gasteiger partial charge in [-0.05, 0) is 24.6 Å². The van der Waals surface area contributed by atoms with Crippen LogP contribution >= 0.6 is 23.2 Å². The van der Waals surface area contributed by atoms with Crippen molar-refractivity contribution in [2.75, 3.05) is 31.6 Å². The second-order valence-electron chi connectivity index (χ2n) is 7.32. The molecule has 0 saturated carbocycles. The third-order valence-electron chi connectivity index (χ3n) is 5.12. The van der Waals surface area contributed by atoms with Gasteiger partial charge in [0.25, 0.3) is 5.56 Å². The Hall–Kier alpha value is -2.17. The predicted molar refractivity (Wildman–Crippen MR) is 120 cm³/mol. The fourth-order valence-corrected chi connectivity index (χ4v) is 3.73. The summed E-state index contributed by atoms with van der Waals surface area (Å²) in [5.74, 6) is 0.334. The van der Waals surface area contributed by atoms with Gasteiger partial charge in [0.2, 0.25) is 5.95 Å². The molecule has 1 aliphatic rings. The van der Waals surface area contributed by atoms with Gasteiger partial charge in [0, 0.05) is 26.2 Å². The minimum Gasteiger partial charge on any atom is -0.374 e. The molecule has 0 amide bonds. The minimum absolute atomic E-state index is 0.0301. The summed E-state index contributed by atoms with van der Waals surface area (Å²) in [6.45, 7) is 5.67. The number of aromatic amines is 1. The van der Waals surface area contributed by atoms with E-state index in [1.807, 2.05) is 13.0 Å². The number of anilines is 1. The maximum Gasteiger partial charge on any atom is 0.278 e. The van der Waals surface area contributed by atoms with E-state index in [9.17, 15) is 4.79 Å². The molecule has 0 radical (unpaired) electrons. The standard InChI is InChI=1S/C20H24Cl2N6O3/c1-12(16-10-23-4-6-31-16)30-7-5-28-11-25-18-17(28)19(29)27-20(26-18)24-9-13-2-3-14(21)15(22)8-13/h2-3,8,11-12,16,23H,4-7,9-10H2,1H3,(H2,24,26,27,29). The van der Waals surface area contributed by atoms with Crippen LogP contribution in [0.15, 0.2) is 29.3 Å². The molecule has 1 aromatic carbocycles. The molecule has 4 rings (SSSR count). The lowest BCUT2D eigenvalue weighted by Gasteiger charge is -2.28. The van der Waals surface area contributed by atoms with Gasteiger partial charge in [0.1, 0.15) is 0 Å². The molecule has 0 spiro atoms. The SMILES string of the molecule is CC(OCCn1cnc2nc(NCc3ccc(Cl)c(Cl)c3)[nH]c(=O)c21)C1CNCCO1. The van der Waals surface area contributed by atoms with Crippen molar-refractivity contribution in [3.05, 3.63) is 50.5 Å². The van der Waals surface area contributed by atoms with Crippen LogP contribution in [0.4, 0.5) is 5.95 Å². The molecule has 0 aliphatic carbocycles. The van der Waals surface area contributed by atoms with Crippen LogP contribution in [0.2, 0.25) is 10.0 Å². The molecule has 31 heavy (non-hydrogen) atoms. The fraction of sp³-hybridized carbons (Fsp3) is 0.450. The van der Waals surface area contributed by atoms with Crippen molar-refractivity contribution in [1.29, 1.82) is 0 Å². The van der Waals surface area contributed by atoms with Gasteiger partial charge in [-0.15, -0.1) is 0 Å². The zero-order valence-electron chi connectivity index (χ0n) is 17.0. The summed E-state index contributed by atoms with van der Waals surface area (Å²) in [6.07, 6.45) is 1.58. The van der Waals surface area contributed by atoms with E-state index in [1.54, 1.807) is 23.0 Å². The van der Waals surface area contributed by atoms with Crippen molar-refractivity contribution in [1.82, 2.24) is 24.8 Å². The number of fused-ring (bicyclic) bond motifs is 1. The Balaban J connectivity index is 1.38. The van der Waals surface area contributed by atoms with Crippen molar-refractivity contribution in [2.24, 2.45) is 0 Å². The molecule has 1 fully saturated rings. The molecular formula is C20H24Cl2N6O3. The first kappa shape index (κ1) is 22.0. The third kappa shape index (κ3) is 5.36. The van der Waals surface area contributed by atoms with E-state index in [0.29, 0.717) is 53.5 Å². The minimum atomic E-state index is -0.271. The number of morpholine rings is 1. The Morgan fingerprint density at radius 3 is 3.03 bits per heavy atom. The Labute approximate surface area is 189 Å². The van der Waals surface area contributed by atoms with Gasteiger partial charge in [-0.3, -0.25) is 9.78 Å². The summed E-state index contributed by atoms with van der Waals surface area (Å²) in [7, 11) is 0. The highest BCUT2D eigenvalue weighted by atomic mass is 35.5. The highest BCUT2D eigenvalue weighted by Crippen LogP contribution is 2.22. The number of hydrogen-bond acceptors (Lipinski definition) is 7. The molecular weight excluding hydrogens is 443 g/mol. The van der Waals surface area contributed by atoms with Crippen LogP contribution < -0.4 is 16.2 Å². The average Bonchev–Trinajstić information content (AvgIpc) is 3.18. The molecule has 11 heteroatoms. The zero-order valence-corrected chi connectivity index (χ0v) is 18.5. The molecule has 2 atom stereocenters. The van der Waals surface area contributed by atoms with E-state index in [4.69, 9.17) is 32.7 Å². The van der Waals surface area contributed by atoms with Gasteiger partial charge >= 0.3 is 0 Å². The van der Waals surface area contributed by atoms with Gasteiger partial charge in [-0.2, -0.15) is 4.98 Å². The number of halogens is 2. The van der Waals surface area contributed by atoms with E-state index in [0.717, 1.165) is 18.7 Å². The van der Waals surface area contributed by atoms with Crippen molar-refractivity contribution in [3.63, 3.8) is 0 Å². The zero-order chi connectivity index (χ0) is 21.8. The van der Waals surface area contributed by atoms with E-state index < -0.39 is 0 Å². The van der Waals surface area contributed by atoms with Crippen molar-refractivity contribution in [3.8, 4) is 0 Å². The van der Waals surface area contributed by atoms with E-state index in [2.05, 4.69) is 25.6 Å². The number of H-pyrrole nitrogens is 1. The Morgan fingerprint density at radius 1 is 1.39 bits per heavy atom. The molecule has 3 N–H and O–H groups in total. The highest BCUT2D eigenvalue weighted by Gasteiger charge is 2.21. The Kier molecular flexibility index (Phi) is 7.09. The Morgan fingerprint density at radius 2 is 2.26 bits per heavy atom. The van der Waals surface area contributed by atoms with E-state index in [1.165, 1.54) is 0 Å². The number of ether oxygens (including phenoxy) is 2. The van der Waals surface area contributed by atoms with E-state index in [-0.39, 0.29) is 17.8 Å². The molecule has 2 unspecified atom stereocenters. The molecule has 1 aliphatic heterocycles. The number of hydrogen-bond donors (Lipinski definition) is 3. The molecule has 2 aromatic heterocycles. The van der Waals surface area contributed by atoms with Crippen LogP contribution in [0, 0.1) is 0 Å². The first-order valence-corrected chi connectivity index (χ1v) is 10.8. The molecule has 166 valence electrons. The van der Waals surface area contributed by atoms with Gasteiger partial charge in [-0.1, -0.05) is 29.3 Å². The second-order valence-corrected chi connectivity index (χ2v) is 8.13. The smallest absolute Gasteiger partial charge is 0.278 e. The molecule has 3 aromatic rings. The predicted octanol–water partition coefficient (Wildman–Crippen LogP) is 2.43. The number of imidazole rings is 1. The lowest BCUT2D eigenvalue weighted by atomic mass is 10.2. The Bertz CT molecular complexity index is 1100. The molecule has 3 heterocycles. The summed E-state index contributed by atoms with van der Waals surface area (Å²) < 4.78 is 13.3. The van der Waals surface area contributed by atoms with Gasteiger partial charge in [-0.25, -0.2) is 4.98 Å². The maximum absolute atomic E-state index is 12.6. The summed E-state index contributed by atoms with van der Waals surface area (Å²) in [5.41, 5.74) is 1.42. The highest BCUT2D eigenvalue weighted by molar-refractivity contribution is 6.42. The number of nitrogens with zero attached hydrogens (tertiary/aromatic N) is 3. The number of nitrogens with one attached hydrogen (secondary N) is 3. The monoisotopic (exact) mass is 466 g/mol. The van der Waals surface area contributed by atoms with Crippen LogP contribution in [-0.4, -0.2) is 58.0 Å². The third-order valence-corrected chi connectivity index (χ3v) is 5.86. The summed E-state index contributed by atoms with van der Waals surface area (Å²) in [5, 5.41) is 7.34. The van der Waals surface area contributed by atoms with Gasteiger partial charge < -0.3 is 24.7 Å². The van der Waals surface area contributed by atoms with Crippen LogP contribution in [-0.2, 0) is 22.6 Å². The van der Waals surface area contributed by atoms with Crippen LogP contribution in [0.5, 0.6) is 0 Å².